The van der Waals surface area contributed by atoms with E-state index < -0.39 is 45.6 Å². The van der Waals surface area contributed by atoms with Gasteiger partial charge in [0.2, 0.25) is 15.9 Å². The Kier molecular flexibility index (Phi) is 14.4. The van der Waals surface area contributed by atoms with Crippen LogP contribution in [-0.2, 0) is 27.7 Å². The van der Waals surface area contributed by atoms with E-state index in [1.165, 1.54) is 38.3 Å². The molecule has 3 rings (SSSR count). The van der Waals surface area contributed by atoms with Crippen LogP contribution in [0.15, 0.2) is 71.6 Å². The third-order valence-electron chi connectivity index (χ3n) is 7.61. The first-order valence-electron chi connectivity index (χ1n) is 16.0. The number of benzene rings is 3. The summed E-state index contributed by atoms with van der Waals surface area (Å²) in [5, 5.41) is 15.3. The summed E-state index contributed by atoms with van der Waals surface area (Å²) in [4.78, 5) is 41.3. The first kappa shape index (κ1) is 39.2. The lowest BCUT2D eigenvalue weighted by Gasteiger charge is -2.28. The second-order valence-corrected chi connectivity index (χ2v) is 14.2. The zero-order valence-corrected chi connectivity index (χ0v) is 29.3. The summed E-state index contributed by atoms with van der Waals surface area (Å²) in [7, 11) is 0.0695. The predicted molar refractivity (Wildman–Crippen MR) is 182 cm³/mol. The lowest BCUT2D eigenvalue weighted by molar-refractivity contribution is -0.125. The molecule has 0 saturated carbocycles. The molecule has 0 aliphatic rings. The predicted octanol–water partition coefficient (Wildman–Crippen LogP) is 3.39. The van der Waals surface area contributed by atoms with Crippen molar-refractivity contribution in [3.63, 3.8) is 0 Å². The van der Waals surface area contributed by atoms with Gasteiger partial charge in [-0.3, -0.25) is 19.8 Å². The minimum atomic E-state index is -4.09. The fourth-order valence-electron chi connectivity index (χ4n) is 5.26. The molecule has 0 bridgehead atoms. The van der Waals surface area contributed by atoms with Crippen LogP contribution in [0.2, 0.25) is 0 Å². The van der Waals surface area contributed by atoms with Crippen molar-refractivity contribution in [1.82, 2.24) is 25.0 Å². The van der Waals surface area contributed by atoms with Crippen LogP contribution in [0, 0.1) is 11.6 Å². The lowest BCUT2D eigenvalue weighted by Crippen LogP contribution is -2.52. The molecule has 266 valence electrons. The van der Waals surface area contributed by atoms with Crippen LogP contribution in [0.4, 0.5) is 8.78 Å². The van der Waals surface area contributed by atoms with Crippen LogP contribution in [0.1, 0.15) is 58.5 Å². The van der Waals surface area contributed by atoms with Gasteiger partial charge in [-0.25, -0.2) is 26.5 Å². The Balaban J connectivity index is 1.95. The number of hydrogen-bond donors (Lipinski definition) is 3. The van der Waals surface area contributed by atoms with E-state index in [4.69, 9.17) is 0 Å². The van der Waals surface area contributed by atoms with E-state index in [2.05, 4.69) is 10.7 Å². The maximum absolute atomic E-state index is 14.1. The molecule has 0 fully saturated rings. The van der Waals surface area contributed by atoms with E-state index in [1.807, 2.05) is 19.9 Å². The topological polar surface area (TPSA) is 139 Å². The Bertz CT molecular complexity index is 1680. The van der Waals surface area contributed by atoms with Crippen molar-refractivity contribution in [1.29, 1.82) is 0 Å². The summed E-state index contributed by atoms with van der Waals surface area (Å²) in [6, 6.07) is 14.3. The van der Waals surface area contributed by atoms with E-state index in [9.17, 15) is 36.7 Å². The van der Waals surface area contributed by atoms with E-state index in [0.29, 0.717) is 32.0 Å². The summed E-state index contributed by atoms with van der Waals surface area (Å²) in [5.41, 5.74) is 3.37. The van der Waals surface area contributed by atoms with Crippen LogP contribution in [0.5, 0.6) is 0 Å². The summed E-state index contributed by atoms with van der Waals surface area (Å²) < 4.78 is 55.5. The minimum absolute atomic E-state index is 0.0138. The van der Waals surface area contributed by atoms with Gasteiger partial charge in [-0.05, 0) is 60.7 Å². The highest BCUT2D eigenvalue weighted by Gasteiger charge is 2.28. The van der Waals surface area contributed by atoms with Gasteiger partial charge in [-0.1, -0.05) is 44.2 Å². The monoisotopic (exact) mass is 701 g/mol. The number of hydrazine groups is 1. The molecule has 14 heteroatoms. The highest BCUT2D eigenvalue weighted by Crippen LogP contribution is 2.21. The second kappa shape index (κ2) is 18.0. The molecular formula is C35H45F2N5O6S. The van der Waals surface area contributed by atoms with Gasteiger partial charge in [0, 0.05) is 58.0 Å². The van der Waals surface area contributed by atoms with Crippen LogP contribution in [0.25, 0.3) is 0 Å². The van der Waals surface area contributed by atoms with Crippen molar-refractivity contribution >= 4 is 27.7 Å². The molecular weight excluding hydrogens is 656 g/mol. The van der Waals surface area contributed by atoms with Gasteiger partial charge in [0.15, 0.2) is 0 Å². The van der Waals surface area contributed by atoms with Gasteiger partial charge in [0.1, 0.15) is 11.6 Å². The third kappa shape index (κ3) is 11.4. The average molecular weight is 702 g/mol. The maximum atomic E-state index is 14.1. The Morgan fingerprint density at radius 1 is 0.837 bits per heavy atom. The van der Waals surface area contributed by atoms with Crippen molar-refractivity contribution in [2.45, 2.75) is 56.6 Å². The molecule has 2 unspecified atom stereocenters. The number of amides is 3. The summed E-state index contributed by atoms with van der Waals surface area (Å²) in [5.74, 6) is -3.35. The number of rotatable bonds is 17. The first-order chi connectivity index (χ1) is 23.1. The lowest BCUT2D eigenvalue weighted by atomic mass is 9.99. The highest BCUT2D eigenvalue weighted by atomic mass is 32.2. The molecule has 0 aromatic heterocycles. The summed E-state index contributed by atoms with van der Waals surface area (Å²) in [6.07, 6.45) is -0.218. The standard InChI is InChI=1S/C35H45F2N5O6S/c1-6-13-42(14-7-2)35(46)27-19-26(20-30(21-27)49(47,48)40(3)4)34(45)38-31(17-25-15-28(36)22-29(37)16-25)32(43)23-41(5)39-33(44)18-24-11-9-8-10-12-24/h8-12,15-16,19-22,31-32,43H,6-7,13-14,17-18,23H2,1-5H3,(H,38,45)(H,39,44). The number of carbonyl (C=O) groups excluding carboxylic acids is 3. The van der Waals surface area contributed by atoms with Crippen molar-refractivity contribution in [2.24, 2.45) is 0 Å². The van der Waals surface area contributed by atoms with Crippen LogP contribution < -0.4 is 10.7 Å². The van der Waals surface area contributed by atoms with Gasteiger partial charge in [-0.2, -0.15) is 0 Å². The van der Waals surface area contributed by atoms with Gasteiger partial charge in [0.25, 0.3) is 11.8 Å². The molecule has 0 radical (unpaired) electrons. The molecule has 0 spiro atoms. The number of aliphatic hydroxyl groups is 1. The van der Waals surface area contributed by atoms with Gasteiger partial charge >= 0.3 is 0 Å². The molecule has 11 nitrogen and oxygen atoms in total. The smallest absolute Gasteiger partial charge is 0.253 e. The fourth-order valence-corrected chi connectivity index (χ4v) is 6.23. The minimum Gasteiger partial charge on any atom is -0.390 e. The third-order valence-corrected chi connectivity index (χ3v) is 9.40. The van der Waals surface area contributed by atoms with Gasteiger partial charge < -0.3 is 15.3 Å². The highest BCUT2D eigenvalue weighted by molar-refractivity contribution is 7.89. The molecule has 0 aliphatic heterocycles. The quantitative estimate of drug-likeness (QED) is 0.184. The number of hydrogen-bond acceptors (Lipinski definition) is 7. The maximum Gasteiger partial charge on any atom is 0.253 e. The van der Waals surface area contributed by atoms with Crippen molar-refractivity contribution in [3.05, 3.63) is 101 Å². The number of aliphatic hydroxyl groups excluding tert-OH is 1. The fraction of sp³-hybridized carbons (Fsp3) is 0.400. The zero-order valence-electron chi connectivity index (χ0n) is 28.4. The second-order valence-electron chi connectivity index (χ2n) is 12.0. The molecule has 0 saturated heterocycles. The number of nitrogens with zero attached hydrogens (tertiary/aromatic N) is 3. The molecule has 3 amide bonds. The van der Waals surface area contributed by atoms with E-state index in [-0.39, 0.29) is 46.9 Å². The van der Waals surface area contributed by atoms with Crippen molar-refractivity contribution < 1.29 is 36.7 Å². The summed E-state index contributed by atoms with van der Waals surface area (Å²) in [6.45, 7) is 4.46. The number of halogens is 2. The Morgan fingerprint density at radius 3 is 2.00 bits per heavy atom. The normalized spacial score (nSPS) is 12.9. The van der Waals surface area contributed by atoms with Crippen LogP contribution in [0.3, 0.4) is 0 Å². The molecule has 3 N–H and O–H groups in total. The van der Waals surface area contributed by atoms with E-state index in [0.717, 1.165) is 28.1 Å². The number of likely N-dealkylation sites (N-methyl/N-ethyl adjacent to an activating group) is 1. The number of nitrogens with one attached hydrogen (secondary N) is 2. The van der Waals surface area contributed by atoms with Crippen LogP contribution in [-0.4, -0.2) is 98.4 Å². The molecule has 3 aromatic rings. The average Bonchev–Trinajstić information content (AvgIpc) is 3.03. The summed E-state index contributed by atoms with van der Waals surface area (Å²) >= 11 is 0. The van der Waals surface area contributed by atoms with Gasteiger partial charge in [-0.15, -0.1) is 0 Å². The van der Waals surface area contributed by atoms with E-state index >= 15 is 0 Å². The van der Waals surface area contributed by atoms with Crippen LogP contribution >= 0.6 is 0 Å². The molecule has 0 aliphatic carbocycles. The Hall–Kier alpha value is -4.24. The number of carbonyl (C=O) groups is 3. The Morgan fingerprint density at radius 2 is 1.43 bits per heavy atom. The first-order valence-corrected chi connectivity index (χ1v) is 17.4. The molecule has 49 heavy (non-hydrogen) atoms. The van der Waals surface area contributed by atoms with E-state index in [1.54, 1.807) is 29.2 Å². The molecule has 2 atom stereocenters. The molecule has 0 heterocycles. The zero-order chi connectivity index (χ0) is 36.3. The molecule has 3 aromatic carbocycles. The van der Waals surface area contributed by atoms with Crippen molar-refractivity contribution in [2.75, 3.05) is 40.8 Å². The largest absolute Gasteiger partial charge is 0.390 e. The Labute approximate surface area is 286 Å². The number of sulfonamides is 1. The van der Waals surface area contributed by atoms with Gasteiger partial charge in [0.05, 0.1) is 23.5 Å². The van der Waals surface area contributed by atoms with Crippen molar-refractivity contribution in [3.8, 4) is 0 Å². The SMILES string of the molecule is CCCN(CCC)C(=O)c1cc(C(=O)NC(Cc2cc(F)cc(F)c2)C(O)CN(C)NC(=O)Cc2ccccc2)cc(S(=O)(=O)N(C)C)c1.